The van der Waals surface area contributed by atoms with Crippen molar-refractivity contribution < 1.29 is 13.9 Å². The highest BCUT2D eigenvalue weighted by Crippen LogP contribution is 2.28. The summed E-state index contributed by atoms with van der Waals surface area (Å²) in [4.78, 5) is 35.3. The maximum Gasteiger partial charge on any atom is 0.336 e. The Morgan fingerprint density at radius 1 is 1.19 bits per heavy atom. The Morgan fingerprint density at radius 3 is 2.58 bits per heavy atom. The number of hydrogen-bond acceptors (Lipinski definition) is 7. The number of anilines is 1. The van der Waals surface area contributed by atoms with Crippen LogP contribution in [0.3, 0.4) is 0 Å². The number of carbonyl (C=O) groups is 1. The van der Waals surface area contributed by atoms with Crippen molar-refractivity contribution in [3.63, 3.8) is 0 Å². The largest absolute Gasteiger partial charge is 0.461 e. The third kappa shape index (κ3) is 4.60. The summed E-state index contributed by atoms with van der Waals surface area (Å²) in [5.41, 5.74) is 3.03. The van der Waals surface area contributed by atoms with Gasteiger partial charge in [0.15, 0.2) is 0 Å². The van der Waals surface area contributed by atoms with Gasteiger partial charge in [0.1, 0.15) is 12.2 Å². The molecule has 0 saturated carbocycles. The molecule has 31 heavy (non-hydrogen) atoms. The Labute approximate surface area is 181 Å². The summed E-state index contributed by atoms with van der Waals surface area (Å²) in [5.74, 6) is 0.629. The lowest BCUT2D eigenvalue weighted by Crippen LogP contribution is -2.37. The first-order chi connectivity index (χ1) is 14.9. The maximum atomic E-state index is 12.7. The van der Waals surface area contributed by atoms with Gasteiger partial charge < -0.3 is 14.1 Å². The fourth-order valence-corrected chi connectivity index (χ4v) is 4.17. The molecule has 3 heterocycles. The molecular formula is C24H27N3O4. The van der Waals surface area contributed by atoms with Gasteiger partial charge >= 0.3 is 11.6 Å². The quantitative estimate of drug-likeness (QED) is 0.455. The van der Waals surface area contributed by atoms with Crippen molar-refractivity contribution in [2.75, 3.05) is 18.0 Å². The van der Waals surface area contributed by atoms with Crippen LogP contribution in [-0.2, 0) is 16.1 Å². The lowest BCUT2D eigenvalue weighted by molar-refractivity contribution is -0.150. The van der Waals surface area contributed by atoms with Crippen molar-refractivity contribution in [3.8, 4) is 0 Å². The van der Waals surface area contributed by atoms with E-state index in [-0.39, 0.29) is 18.5 Å². The van der Waals surface area contributed by atoms with E-state index in [1.54, 1.807) is 18.5 Å². The van der Waals surface area contributed by atoms with Gasteiger partial charge in [0.2, 0.25) is 5.95 Å². The molecule has 1 aliphatic heterocycles. The van der Waals surface area contributed by atoms with Crippen molar-refractivity contribution in [3.05, 3.63) is 63.8 Å². The lowest BCUT2D eigenvalue weighted by atomic mass is 9.95. The summed E-state index contributed by atoms with van der Waals surface area (Å²) in [6.45, 7) is 7.73. The normalized spacial score (nSPS) is 14.9. The molecule has 0 atom stereocenters. The molecular weight excluding hydrogens is 394 g/mol. The molecule has 3 aromatic rings. The first-order valence-electron chi connectivity index (χ1n) is 10.7. The van der Waals surface area contributed by atoms with Crippen LogP contribution in [0.25, 0.3) is 11.0 Å². The van der Waals surface area contributed by atoms with Crippen LogP contribution in [0.2, 0.25) is 0 Å². The van der Waals surface area contributed by atoms with Crippen LogP contribution < -0.4 is 10.5 Å². The number of piperidine rings is 1. The molecule has 2 aromatic heterocycles. The number of aryl methyl sites for hydroxylation is 1. The van der Waals surface area contributed by atoms with Crippen molar-refractivity contribution in [1.82, 2.24) is 9.97 Å². The van der Waals surface area contributed by atoms with Crippen LogP contribution in [0.1, 0.15) is 49.3 Å². The standard InChI is InChI=1S/C24H27N3O4/c1-15(2)19-13-20-18(12-22(28)31-21(20)11-16(19)3)14-30-23(29)17-5-9-27(10-6-17)24-25-7-4-8-26-24/h4,7-8,11-13,15,17H,5-6,9-10,14H2,1-3H3. The molecule has 4 rings (SSSR count). The lowest BCUT2D eigenvalue weighted by Gasteiger charge is -2.30. The molecule has 0 N–H and O–H groups in total. The molecule has 7 heteroatoms. The molecule has 0 amide bonds. The highest BCUT2D eigenvalue weighted by atomic mass is 16.5. The molecule has 0 radical (unpaired) electrons. The van der Waals surface area contributed by atoms with Crippen molar-refractivity contribution in [1.29, 1.82) is 0 Å². The van der Waals surface area contributed by atoms with Gasteiger partial charge in [-0.25, -0.2) is 14.8 Å². The highest BCUT2D eigenvalue weighted by molar-refractivity contribution is 5.82. The van der Waals surface area contributed by atoms with E-state index in [1.165, 1.54) is 11.6 Å². The minimum Gasteiger partial charge on any atom is -0.461 e. The Morgan fingerprint density at radius 2 is 1.90 bits per heavy atom. The number of benzene rings is 1. The molecule has 7 nitrogen and oxygen atoms in total. The smallest absolute Gasteiger partial charge is 0.336 e. The van der Waals surface area contributed by atoms with Gasteiger partial charge in [-0.05, 0) is 55.0 Å². The second kappa shape index (κ2) is 8.88. The van der Waals surface area contributed by atoms with Crippen LogP contribution in [0.4, 0.5) is 5.95 Å². The second-order valence-electron chi connectivity index (χ2n) is 8.37. The summed E-state index contributed by atoms with van der Waals surface area (Å²) in [7, 11) is 0. The van der Waals surface area contributed by atoms with Crippen LogP contribution >= 0.6 is 0 Å². The third-order valence-corrected chi connectivity index (χ3v) is 5.87. The Hall–Kier alpha value is -3.22. The summed E-state index contributed by atoms with van der Waals surface area (Å²) < 4.78 is 11.0. The topological polar surface area (TPSA) is 85.5 Å². The Bertz CT molecular complexity index is 1130. The van der Waals surface area contributed by atoms with Crippen LogP contribution in [0, 0.1) is 12.8 Å². The van der Waals surface area contributed by atoms with E-state index in [0.717, 1.165) is 10.9 Å². The van der Waals surface area contributed by atoms with Crippen molar-refractivity contribution in [2.45, 2.75) is 46.1 Å². The first kappa shape index (κ1) is 21.0. The van der Waals surface area contributed by atoms with Gasteiger partial charge in [-0.3, -0.25) is 4.79 Å². The first-order valence-corrected chi connectivity index (χ1v) is 10.7. The number of nitrogens with zero attached hydrogens (tertiary/aromatic N) is 3. The van der Waals surface area contributed by atoms with Gasteiger partial charge in [0.25, 0.3) is 0 Å². The zero-order chi connectivity index (χ0) is 22.0. The summed E-state index contributed by atoms with van der Waals surface area (Å²) in [6, 6.07) is 7.13. The molecule has 0 unspecified atom stereocenters. The average Bonchev–Trinajstić information content (AvgIpc) is 2.77. The SMILES string of the molecule is Cc1cc2oc(=O)cc(COC(=O)C3CCN(c4ncccn4)CC3)c2cc1C(C)C. The summed E-state index contributed by atoms with van der Waals surface area (Å²) in [5, 5.41) is 0.817. The highest BCUT2D eigenvalue weighted by Gasteiger charge is 2.27. The van der Waals surface area contributed by atoms with Crippen molar-refractivity contribution >= 4 is 22.9 Å². The van der Waals surface area contributed by atoms with E-state index in [0.29, 0.717) is 48.9 Å². The summed E-state index contributed by atoms with van der Waals surface area (Å²) in [6.07, 6.45) is 4.81. The van der Waals surface area contributed by atoms with E-state index >= 15 is 0 Å². The molecule has 1 saturated heterocycles. The van der Waals surface area contributed by atoms with Gasteiger partial charge in [-0.15, -0.1) is 0 Å². The molecule has 0 aliphatic carbocycles. The van der Waals surface area contributed by atoms with Crippen LogP contribution in [-0.4, -0.2) is 29.0 Å². The number of hydrogen-bond donors (Lipinski definition) is 0. The van der Waals surface area contributed by atoms with Gasteiger partial charge in [-0.1, -0.05) is 13.8 Å². The molecule has 162 valence electrons. The molecule has 1 aromatic carbocycles. The van der Waals surface area contributed by atoms with E-state index in [4.69, 9.17) is 9.15 Å². The van der Waals surface area contributed by atoms with Crippen molar-refractivity contribution in [2.24, 2.45) is 5.92 Å². The van der Waals surface area contributed by atoms with Gasteiger partial charge in [0, 0.05) is 42.5 Å². The number of rotatable bonds is 5. The number of esters is 1. The van der Waals surface area contributed by atoms with E-state index < -0.39 is 5.63 Å². The second-order valence-corrected chi connectivity index (χ2v) is 8.37. The maximum absolute atomic E-state index is 12.7. The van der Waals surface area contributed by atoms with E-state index in [2.05, 4.69) is 28.7 Å². The predicted octanol–water partition coefficient (Wildman–Crippen LogP) is 3.97. The Kier molecular flexibility index (Phi) is 6.02. The number of aromatic nitrogens is 2. The number of fused-ring (bicyclic) bond motifs is 1. The fourth-order valence-electron chi connectivity index (χ4n) is 4.17. The molecule has 0 spiro atoms. The number of ether oxygens (including phenoxy) is 1. The molecule has 0 bridgehead atoms. The minimum atomic E-state index is -0.439. The monoisotopic (exact) mass is 421 g/mol. The van der Waals surface area contributed by atoms with Gasteiger partial charge in [-0.2, -0.15) is 0 Å². The molecule has 1 fully saturated rings. The zero-order valence-corrected chi connectivity index (χ0v) is 18.1. The predicted molar refractivity (Wildman–Crippen MR) is 118 cm³/mol. The molecule has 1 aliphatic rings. The van der Waals surface area contributed by atoms with Gasteiger partial charge in [0.05, 0.1) is 5.92 Å². The van der Waals surface area contributed by atoms with Crippen LogP contribution in [0.5, 0.6) is 0 Å². The third-order valence-electron chi connectivity index (χ3n) is 5.87. The van der Waals surface area contributed by atoms with E-state index in [1.807, 2.05) is 19.1 Å². The minimum absolute atomic E-state index is 0.0591. The fraction of sp³-hybridized carbons (Fsp3) is 0.417. The zero-order valence-electron chi connectivity index (χ0n) is 18.1. The van der Waals surface area contributed by atoms with E-state index in [9.17, 15) is 9.59 Å². The summed E-state index contributed by atoms with van der Waals surface area (Å²) >= 11 is 0. The average molecular weight is 421 g/mol. The number of carbonyl (C=O) groups excluding carboxylic acids is 1. The van der Waals surface area contributed by atoms with Crippen LogP contribution in [0.15, 0.2) is 45.9 Å². The Balaban J connectivity index is 1.45.